The molecule has 0 N–H and O–H groups in total. The maximum absolute atomic E-state index is 0. The number of hydrogen-bond acceptors (Lipinski definition) is 0. The summed E-state index contributed by atoms with van der Waals surface area (Å²) in [7, 11) is 0. The van der Waals surface area contributed by atoms with Gasteiger partial charge in [-0.2, -0.15) is 0 Å². The summed E-state index contributed by atoms with van der Waals surface area (Å²) in [6.45, 7) is 0. The molecule has 0 unspecified atom stereocenters. The van der Waals surface area contributed by atoms with Crippen LogP contribution in [0, 0.1) is 0 Å². The zero-order valence-corrected chi connectivity index (χ0v) is 18.9. The molecule has 0 rings (SSSR count). The van der Waals surface area contributed by atoms with Crippen LogP contribution in [0.15, 0.2) is 0 Å². The van der Waals surface area contributed by atoms with Crippen LogP contribution in [0.5, 0.6) is 0 Å². The van der Waals surface area contributed by atoms with E-state index in [-0.39, 0.29) is 195 Å². The Morgan fingerprint density at radius 1 is 1.00 bits per heavy atom. The van der Waals surface area contributed by atoms with E-state index in [1.165, 1.54) is 0 Å². The molecule has 23 valence electrons. The molecule has 7 heteroatoms. The Hall–Kier alpha value is 6.32. The van der Waals surface area contributed by atoms with Crippen LogP contribution in [0.25, 0.3) is 0 Å². The summed E-state index contributed by atoms with van der Waals surface area (Å²) >= 11 is 0. The van der Waals surface area contributed by atoms with E-state index in [4.69, 9.17) is 0 Å². The minimum Gasteiger partial charge on any atom is 0 e. The van der Waals surface area contributed by atoms with Crippen molar-refractivity contribution in [1.82, 2.24) is 0 Å². The minimum atomic E-state index is 0. The standard InChI is InChI=1S/Ca.Fe.K.Mg.Mn.Na.Zn. The molecule has 0 aliphatic carbocycles. The minimum absolute atomic E-state index is 0. The van der Waals surface area contributed by atoms with Crippen molar-refractivity contribution in [1.29, 1.82) is 0 Å². The van der Waals surface area contributed by atoms with Gasteiger partial charge in [0.15, 0.2) is 0 Å². The van der Waals surface area contributed by atoms with Crippen LogP contribution >= 0.6 is 0 Å². The van der Waals surface area contributed by atoms with Crippen LogP contribution in [0.4, 0.5) is 0 Å². The van der Waals surface area contributed by atoms with Gasteiger partial charge >= 0.3 is 0 Å². The molecule has 0 aromatic carbocycles. The van der Waals surface area contributed by atoms with Gasteiger partial charge < -0.3 is 0 Å². The third-order valence-electron chi connectivity index (χ3n) is 0. The van der Waals surface area contributed by atoms with E-state index in [0.717, 1.165) is 0 Å². The van der Waals surface area contributed by atoms with Crippen LogP contribution in [0.3, 0.4) is 0 Å². The van der Waals surface area contributed by atoms with Crippen molar-refractivity contribution in [2.75, 3.05) is 0 Å². The van der Waals surface area contributed by atoms with E-state index < -0.39 is 0 Å². The van der Waals surface area contributed by atoms with Crippen LogP contribution in [0.1, 0.15) is 0 Å². The molecule has 7 radical (unpaired) electrons. The molecule has 0 aromatic heterocycles. The summed E-state index contributed by atoms with van der Waals surface area (Å²) in [5.74, 6) is 0. The van der Waals surface area contributed by atoms with E-state index in [0.29, 0.717) is 0 Å². The average molecular weight is 303 g/mol. The first-order valence-corrected chi connectivity index (χ1v) is 0. The molecule has 0 saturated carbocycles. The molecular formula is CaFeKMgMnNaZn. The van der Waals surface area contributed by atoms with Crippen molar-refractivity contribution in [2.45, 2.75) is 0 Å². The van der Waals surface area contributed by atoms with E-state index in [1.807, 2.05) is 0 Å². The molecule has 0 atom stereocenters. The van der Waals surface area contributed by atoms with Crippen LogP contribution in [-0.2, 0) is 53.6 Å². The quantitative estimate of drug-likeness (QED) is 0.476. The van der Waals surface area contributed by atoms with Gasteiger partial charge in [0.1, 0.15) is 0 Å². The molecule has 7 heavy (non-hydrogen) atoms. The largest absolute Gasteiger partial charge is 0 e. The zero-order chi connectivity index (χ0) is 0. The Morgan fingerprint density at radius 3 is 1.00 bits per heavy atom. The second kappa shape index (κ2) is 39.5. The molecule has 0 aliphatic heterocycles. The Balaban J connectivity index is 0. The molecular weight excluding hydrogens is 303 g/mol. The van der Waals surface area contributed by atoms with Gasteiger partial charge in [-0.1, -0.05) is 0 Å². The Kier molecular flexibility index (Phi) is 286. The van der Waals surface area contributed by atoms with Crippen molar-refractivity contribution in [3.63, 3.8) is 0 Å². The second-order valence-electron chi connectivity index (χ2n) is 0. The fourth-order valence-electron chi connectivity index (χ4n) is 0. The molecule has 0 spiro atoms. The first-order valence-electron chi connectivity index (χ1n) is 0. The van der Waals surface area contributed by atoms with E-state index in [1.54, 1.807) is 0 Å². The van der Waals surface area contributed by atoms with Crippen molar-refractivity contribution in [3.8, 4) is 0 Å². The first kappa shape index (κ1) is 50.6. The van der Waals surface area contributed by atoms with Crippen LogP contribution in [0.2, 0.25) is 0 Å². The van der Waals surface area contributed by atoms with Gasteiger partial charge in [0.25, 0.3) is 0 Å². The first-order chi connectivity index (χ1) is 0. The summed E-state index contributed by atoms with van der Waals surface area (Å²) in [6, 6.07) is 0. The second-order valence-corrected chi connectivity index (χ2v) is 0. The Bertz CT molecular complexity index is 19.7. The van der Waals surface area contributed by atoms with Gasteiger partial charge in [0, 0.05) is 195 Å². The van der Waals surface area contributed by atoms with Crippen LogP contribution in [-0.4, -0.2) is 142 Å². The van der Waals surface area contributed by atoms with Crippen molar-refractivity contribution in [3.05, 3.63) is 0 Å². The van der Waals surface area contributed by atoms with Gasteiger partial charge in [0.05, 0.1) is 0 Å². The predicted molar refractivity (Wildman–Crippen MR) is 23.0 cm³/mol. The zero-order valence-electron chi connectivity index (χ0n) is 4.85. The Morgan fingerprint density at radius 2 is 1.00 bits per heavy atom. The summed E-state index contributed by atoms with van der Waals surface area (Å²) in [5.41, 5.74) is 0. The third-order valence-corrected chi connectivity index (χ3v) is 0. The predicted octanol–water partition coefficient (Wildman–Crippen LogP) is -1.53. The molecule has 0 nitrogen and oxygen atoms in total. The fourth-order valence-corrected chi connectivity index (χ4v) is 0. The summed E-state index contributed by atoms with van der Waals surface area (Å²) < 4.78 is 0. The van der Waals surface area contributed by atoms with E-state index in [9.17, 15) is 0 Å². The van der Waals surface area contributed by atoms with E-state index >= 15 is 0 Å². The molecule has 0 aliphatic rings. The molecule has 0 saturated heterocycles. The van der Waals surface area contributed by atoms with Crippen molar-refractivity contribution < 1.29 is 53.6 Å². The maximum Gasteiger partial charge on any atom is 0 e. The average Bonchev–Trinajstić information content (AvgIpc) is 0. The SMILES string of the molecule is [Ca].[Fe].[K].[Mg].[Mn].[Na].[Zn]. The maximum atomic E-state index is 0. The monoisotopic (exact) mass is 301 g/mol. The van der Waals surface area contributed by atoms with Gasteiger partial charge in [-0.05, 0) is 0 Å². The number of hydrogen-bond donors (Lipinski definition) is 0. The summed E-state index contributed by atoms with van der Waals surface area (Å²) in [5, 5.41) is 0. The van der Waals surface area contributed by atoms with E-state index in [2.05, 4.69) is 0 Å². The van der Waals surface area contributed by atoms with Crippen molar-refractivity contribution in [2.24, 2.45) is 0 Å². The van der Waals surface area contributed by atoms with Crippen molar-refractivity contribution >= 4 is 142 Å². The normalized spacial score (nSPS) is 0. The molecule has 0 bridgehead atoms. The van der Waals surface area contributed by atoms with Gasteiger partial charge in [-0.25, -0.2) is 0 Å². The fraction of sp³-hybridized carbons (Fsp3) is 0. The molecule has 0 amide bonds. The summed E-state index contributed by atoms with van der Waals surface area (Å²) in [4.78, 5) is 0. The smallest absolute Gasteiger partial charge is 0 e. The Labute approximate surface area is 189 Å². The van der Waals surface area contributed by atoms with Gasteiger partial charge in [-0.3, -0.25) is 0 Å². The van der Waals surface area contributed by atoms with Crippen LogP contribution < -0.4 is 0 Å². The van der Waals surface area contributed by atoms with Gasteiger partial charge in [0.2, 0.25) is 0 Å². The molecule has 0 aromatic rings. The van der Waals surface area contributed by atoms with Gasteiger partial charge in [-0.15, -0.1) is 0 Å². The third kappa shape index (κ3) is 32.8. The number of rotatable bonds is 0. The summed E-state index contributed by atoms with van der Waals surface area (Å²) in [6.07, 6.45) is 0. The molecule has 0 fully saturated rings. The molecule has 0 heterocycles. The topological polar surface area (TPSA) is 0 Å².